The summed E-state index contributed by atoms with van der Waals surface area (Å²) in [4.78, 5) is 45.6. The average molecular weight is 487 g/mol. The maximum Gasteiger partial charge on any atom is 0.333 e. The van der Waals surface area contributed by atoms with Crippen molar-refractivity contribution in [3.8, 4) is 5.69 Å². The summed E-state index contributed by atoms with van der Waals surface area (Å²) in [6, 6.07) is 17.1. The van der Waals surface area contributed by atoms with Crippen molar-refractivity contribution in [3.63, 3.8) is 0 Å². The molecule has 0 N–H and O–H groups in total. The van der Waals surface area contributed by atoms with Crippen LogP contribution in [0.1, 0.15) is 11.3 Å². The largest absolute Gasteiger partial charge is 0.459 e. The maximum atomic E-state index is 13.4. The van der Waals surface area contributed by atoms with Gasteiger partial charge in [0.15, 0.2) is 11.2 Å². The number of hydrogen-bond donors (Lipinski definition) is 0. The predicted octanol–water partition coefficient (Wildman–Crippen LogP) is 2.26. The summed E-state index contributed by atoms with van der Waals surface area (Å²) in [7, 11) is 5.47. The van der Waals surface area contributed by atoms with Crippen molar-refractivity contribution in [1.29, 1.82) is 0 Å². The number of anilines is 1. The molecule has 0 aliphatic rings. The first-order chi connectivity index (χ1) is 17.3. The summed E-state index contributed by atoms with van der Waals surface area (Å²) in [5, 5.41) is 0. The van der Waals surface area contributed by atoms with Crippen LogP contribution in [0.25, 0.3) is 22.6 Å². The molecule has 0 saturated carbocycles. The normalized spacial score (nSPS) is 11.3. The first kappa shape index (κ1) is 23.2. The highest BCUT2D eigenvalue weighted by molar-refractivity contribution is 5.77. The van der Waals surface area contributed by atoms with Gasteiger partial charge in [0, 0.05) is 44.4 Å². The Morgan fingerprint density at radius 1 is 1.03 bits per heavy atom. The quantitative estimate of drug-likeness (QED) is 0.342. The number of nitrogens with zero attached hydrogens (tertiary/aromatic N) is 6. The number of aromatic nitrogens is 5. The van der Waals surface area contributed by atoms with Crippen LogP contribution < -0.4 is 16.1 Å². The summed E-state index contributed by atoms with van der Waals surface area (Å²) < 4.78 is 11.0. The SMILES string of the molecule is Cc1cn2c3c(=O)n(CC(=O)OCc4ccccc4)c(=O)n(C)c3nc2n1-c1ccc(N(C)C)cc1. The number of esters is 1. The van der Waals surface area contributed by atoms with Gasteiger partial charge in [0.25, 0.3) is 5.56 Å². The Morgan fingerprint density at radius 3 is 2.39 bits per heavy atom. The number of ether oxygens (including phenoxy) is 1. The standard InChI is InChI=1S/C26H26N6O4/c1-17-14-30-22-23(27-25(30)32(17)20-12-10-19(11-13-20)28(2)3)29(4)26(35)31(24(22)34)15-21(33)36-16-18-8-6-5-7-9-18/h5-14H,15-16H2,1-4H3. The Hall–Kier alpha value is -4.60. The van der Waals surface area contributed by atoms with Crippen LogP contribution >= 0.6 is 0 Å². The molecule has 0 aliphatic heterocycles. The molecule has 184 valence electrons. The van der Waals surface area contributed by atoms with Gasteiger partial charge in [0.05, 0.1) is 0 Å². The van der Waals surface area contributed by atoms with Gasteiger partial charge in [-0.05, 0) is 36.8 Å². The van der Waals surface area contributed by atoms with Crippen LogP contribution in [0.4, 0.5) is 5.69 Å². The van der Waals surface area contributed by atoms with E-state index in [0.29, 0.717) is 5.78 Å². The molecule has 0 spiro atoms. The van der Waals surface area contributed by atoms with Crippen LogP contribution in [0, 0.1) is 6.92 Å². The molecule has 3 aromatic heterocycles. The number of hydrogen-bond acceptors (Lipinski definition) is 6. The summed E-state index contributed by atoms with van der Waals surface area (Å²) in [5.41, 5.74) is 2.83. The molecule has 0 unspecified atom stereocenters. The minimum absolute atomic E-state index is 0.0581. The summed E-state index contributed by atoms with van der Waals surface area (Å²) in [5.74, 6) is -0.176. The number of aryl methyl sites for hydroxylation is 2. The first-order valence-electron chi connectivity index (χ1n) is 11.4. The average Bonchev–Trinajstić information content (AvgIpc) is 3.39. The van der Waals surface area contributed by atoms with Gasteiger partial charge in [-0.15, -0.1) is 0 Å². The van der Waals surface area contributed by atoms with E-state index in [1.807, 2.05) is 85.1 Å². The van der Waals surface area contributed by atoms with Crippen molar-refractivity contribution in [1.82, 2.24) is 23.1 Å². The molecule has 10 heteroatoms. The zero-order valence-corrected chi connectivity index (χ0v) is 20.5. The van der Waals surface area contributed by atoms with E-state index in [1.54, 1.807) is 10.6 Å². The van der Waals surface area contributed by atoms with E-state index in [1.165, 1.54) is 11.6 Å². The molecule has 2 aromatic carbocycles. The van der Waals surface area contributed by atoms with E-state index < -0.39 is 23.8 Å². The van der Waals surface area contributed by atoms with Gasteiger partial charge in [0.1, 0.15) is 13.2 Å². The lowest BCUT2D eigenvalue weighted by atomic mass is 10.2. The molecule has 5 aromatic rings. The summed E-state index contributed by atoms with van der Waals surface area (Å²) in [6.07, 6.45) is 1.80. The van der Waals surface area contributed by atoms with Crippen LogP contribution in [-0.2, 0) is 29.7 Å². The first-order valence-corrected chi connectivity index (χ1v) is 11.4. The second-order valence-corrected chi connectivity index (χ2v) is 8.85. The number of fused-ring (bicyclic) bond motifs is 3. The molecule has 5 rings (SSSR count). The van der Waals surface area contributed by atoms with Crippen molar-refractivity contribution in [2.75, 3.05) is 19.0 Å². The lowest BCUT2D eigenvalue weighted by Crippen LogP contribution is -2.41. The third-order valence-corrected chi connectivity index (χ3v) is 6.18. The van der Waals surface area contributed by atoms with Gasteiger partial charge in [0.2, 0.25) is 5.78 Å². The van der Waals surface area contributed by atoms with Crippen LogP contribution in [0.2, 0.25) is 0 Å². The van der Waals surface area contributed by atoms with Gasteiger partial charge in [-0.25, -0.2) is 9.36 Å². The molecule has 0 bridgehead atoms. The second kappa shape index (κ2) is 8.88. The van der Waals surface area contributed by atoms with Gasteiger partial charge < -0.3 is 9.64 Å². The fraction of sp³-hybridized carbons (Fsp3) is 0.231. The number of benzene rings is 2. The molecule has 3 heterocycles. The van der Waals surface area contributed by atoms with Gasteiger partial charge in [-0.3, -0.25) is 23.1 Å². The molecule has 10 nitrogen and oxygen atoms in total. The zero-order valence-electron chi connectivity index (χ0n) is 20.5. The van der Waals surface area contributed by atoms with Crippen molar-refractivity contribution < 1.29 is 9.53 Å². The van der Waals surface area contributed by atoms with E-state index in [2.05, 4.69) is 4.98 Å². The fourth-order valence-corrected chi connectivity index (χ4v) is 4.28. The van der Waals surface area contributed by atoms with Crippen molar-refractivity contribution in [2.45, 2.75) is 20.1 Å². The minimum Gasteiger partial charge on any atom is -0.459 e. The third-order valence-electron chi connectivity index (χ3n) is 6.18. The Bertz CT molecular complexity index is 1710. The molecule has 0 aliphatic carbocycles. The van der Waals surface area contributed by atoms with Crippen molar-refractivity contribution >= 4 is 28.6 Å². The van der Waals surface area contributed by atoms with Gasteiger partial charge in [-0.1, -0.05) is 30.3 Å². The van der Waals surface area contributed by atoms with Crippen LogP contribution in [-0.4, -0.2) is 43.2 Å². The molecule has 0 saturated heterocycles. The monoisotopic (exact) mass is 486 g/mol. The summed E-state index contributed by atoms with van der Waals surface area (Å²) in [6.45, 7) is 1.48. The smallest absolute Gasteiger partial charge is 0.333 e. The van der Waals surface area contributed by atoms with Gasteiger partial charge >= 0.3 is 11.7 Å². The topological polar surface area (TPSA) is 95.8 Å². The molecular weight excluding hydrogens is 460 g/mol. The molecule has 0 radical (unpaired) electrons. The van der Waals surface area contributed by atoms with E-state index >= 15 is 0 Å². The Labute approximate surface area is 206 Å². The predicted molar refractivity (Wildman–Crippen MR) is 137 cm³/mol. The summed E-state index contributed by atoms with van der Waals surface area (Å²) >= 11 is 0. The number of rotatable bonds is 6. The highest BCUT2D eigenvalue weighted by Gasteiger charge is 2.22. The maximum absolute atomic E-state index is 13.4. The zero-order chi connectivity index (χ0) is 25.6. The Kier molecular flexibility index (Phi) is 5.71. The van der Waals surface area contributed by atoms with E-state index in [4.69, 9.17) is 4.74 Å². The number of carbonyl (C=O) groups excluding carboxylic acids is 1. The van der Waals surface area contributed by atoms with Crippen LogP contribution in [0.15, 0.2) is 70.4 Å². The van der Waals surface area contributed by atoms with Crippen molar-refractivity contribution in [2.24, 2.45) is 7.05 Å². The highest BCUT2D eigenvalue weighted by Crippen LogP contribution is 2.22. The Balaban J connectivity index is 1.56. The molecule has 0 fully saturated rings. The Morgan fingerprint density at radius 2 is 1.72 bits per heavy atom. The van der Waals surface area contributed by atoms with E-state index in [9.17, 15) is 14.4 Å². The minimum atomic E-state index is -0.673. The molecule has 0 amide bonds. The van der Waals surface area contributed by atoms with E-state index in [-0.39, 0.29) is 17.8 Å². The van der Waals surface area contributed by atoms with Crippen LogP contribution in [0.3, 0.4) is 0 Å². The van der Waals surface area contributed by atoms with Crippen LogP contribution in [0.5, 0.6) is 0 Å². The van der Waals surface area contributed by atoms with E-state index in [0.717, 1.165) is 27.2 Å². The van der Waals surface area contributed by atoms with Crippen molar-refractivity contribution in [3.05, 3.63) is 92.9 Å². The fourth-order valence-electron chi connectivity index (χ4n) is 4.28. The second-order valence-electron chi connectivity index (χ2n) is 8.85. The number of carbonyl (C=O) groups is 1. The lowest BCUT2D eigenvalue weighted by Gasteiger charge is -2.13. The molecular formula is C26H26N6O4. The third kappa shape index (κ3) is 3.86. The molecule has 36 heavy (non-hydrogen) atoms. The van der Waals surface area contributed by atoms with Gasteiger partial charge in [-0.2, -0.15) is 4.98 Å². The number of imidazole rings is 2. The lowest BCUT2D eigenvalue weighted by molar-refractivity contribution is -0.145. The molecule has 0 atom stereocenters. The highest BCUT2D eigenvalue weighted by atomic mass is 16.5.